The van der Waals surface area contributed by atoms with Crippen LogP contribution in [0.15, 0.2) is 30.3 Å². The maximum atomic E-state index is 11.4. The zero-order valence-electron chi connectivity index (χ0n) is 9.68. The van der Waals surface area contributed by atoms with Crippen LogP contribution in [0, 0.1) is 0 Å². The first-order chi connectivity index (χ1) is 7.04. The molecule has 1 aromatic carbocycles. The van der Waals surface area contributed by atoms with Crippen molar-refractivity contribution in [3.8, 4) is 0 Å². The summed E-state index contributed by atoms with van der Waals surface area (Å²) in [5, 5.41) is 8.87. The summed E-state index contributed by atoms with van der Waals surface area (Å²) in [5.74, 6) is -1.30. The smallest absolute Gasteiger partial charge is 0.326 e. The van der Waals surface area contributed by atoms with E-state index in [1.807, 2.05) is 6.07 Å². The Labute approximate surface area is 117 Å². The molecule has 5 heteroatoms. The van der Waals surface area contributed by atoms with Crippen LogP contribution in [-0.2, 0) is 9.59 Å². The number of hydrogen-bond donors (Lipinski definition) is 1. The molecule has 0 unspecified atom stereocenters. The van der Waals surface area contributed by atoms with Crippen LogP contribution in [0.3, 0.4) is 0 Å². The number of carboxylic acids is 1. The molecule has 1 N–H and O–H groups in total. The zero-order chi connectivity index (χ0) is 11.4. The van der Waals surface area contributed by atoms with Gasteiger partial charge in [0.25, 0.3) is 0 Å². The third-order valence-corrected chi connectivity index (χ3v) is 2.12. The van der Waals surface area contributed by atoms with E-state index in [1.165, 1.54) is 18.7 Å². The molecule has 4 nitrogen and oxygen atoms in total. The molecule has 0 saturated heterocycles. The molecular formula is C11H13NNaO3. The number of rotatable bonds is 3. The van der Waals surface area contributed by atoms with Gasteiger partial charge in [-0.15, -0.1) is 0 Å². The van der Waals surface area contributed by atoms with E-state index in [4.69, 9.17) is 5.11 Å². The van der Waals surface area contributed by atoms with E-state index in [0.29, 0.717) is 5.69 Å². The molecule has 0 aromatic heterocycles. The van der Waals surface area contributed by atoms with Crippen LogP contribution < -0.4 is 4.90 Å². The Kier molecular flexibility index (Phi) is 6.33. The molecule has 1 amide bonds. The molecule has 0 aliphatic heterocycles. The second-order valence-electron chi connectivity index (χ2n) is 3.24. The van der Waals surface area contributed by atoms with E-state index >= 15 is 0 Å². The fourth-order valence-corrected chi connectivity index (χ4v) is 1.38. The molecular weight excluding hydrogens is 217 g/mol. The molecule has 1 aromatic rings. The monoisotopic (exact) mass is 230 g/mol. The summed E-state index contributed by atoms with van der Waals surface area (Å²) >= 11 is 0. The SMILES string of the molecule is CC(=O)N(c1ccccc1)[C@@H](C)C(=O)O.[Na]. The fourth-order valence-electron chi connectivity index (χ4n) is 1.38. The Bertz CT molecular complexity index is 367. The van der Waals surface area contributed by atoms with Crippen molar-refractivity contribution in [2.24, 2.45) is 0 Å². The van der Waals surface area contributed by atoms with Gasteiger partial charge in [0.1, 0.15) is 6.04 Å². The fraction of sp³-hybridized carbons (Fsp3) is 0.273. The third-order valence-electron chi connectivity index (χ3n) is 2.12. The van der Waals surface area contributed by atoms with Crippen LogP contribution in [0.25, 0.3) is 0 Å². The summed E-state index contributed by atoms with van der Waals surface area (Å²) in [7, 11) is 0. The van der Waals surface area contributed by atoms with E-state index < -0.39 is 12.0 Å². The maximum absolute atomic E-state index is 11.4. The minimum absolute atomic E-state index is 0. The van der Waals surface area contributed by atoms with E-state index in [0.717, 1.165) is 0 Å². The first-order valence-electron chi connectivity index (χ1n) is 4.61. The Morgan fingerprint density at radius 3 is 2.12 bits per heavy atom. The standard InChI is InChI=1S/C11H13NO3.Na/c1-8(11(14)15)12(9(2)13)10-6-4-3-5-7-10;/h3-8H,1-2H3,(H,14,15);/t8-;/m0./s1. The van der Waals surface area contributed by atoms with Crippen LogP contribution in [0.5, 0.6) is 0 Å². The van der Waals surface area contributed by atoms with Gasteiger partial charge in [-0.2, -0.15) is 0 Å². The third kappa shape index (κ3) is 3.63. The number of anilines is 1. The van der Waals surface area contributed by atoms with Crippen LogP contribution in [-0.4, -0.2) is 52.6 Å². The minimum Gasteiger partial charge on any atom is -0.480 e. The second kappa shape index (κ2) is 6.68. The van der Waals surface area contributed by atoms with Gasteiger partial charge < -0.3 is 5.11 Å². The second-order valence-corrected chi connectivity index (χ2v) is 3.24. The number of benzene rings is 1. The molecule has 1 rings (SSSR count). The Morgan fingerprint density at radius 1 is 1.25 bits per heavy atom. The number of para-hydroxylation sites is 1. The summed E-state index contributed by atoms with van der Waals surface area (Å²) in [6.07, 6.45) is 0. The molecule has 1 atom stereocenters. The van der Waals surface area contributed by atoms with Crippen LogP contribution in [0.1, 0.15) is 13.8 Å². The van der Waals surface area contributed by atoms with Gasteiger partial charge in [0.2, 0.25) is 5.91 Å². The van der Waals surface area contributed by atoms with E-state index in [1.54, 1.807) is 24.3 Å². The van der Waals surface area contributed by atoms with Gasteiger partial charge in [-0.05, 0) is 19.1 Å². The average Bonchev–Trinajstić information content (AvgIpc) is 2.18. The van der Waals surface area contributed by atoms with Crippen molar-refractivity contribution in [3.05, 3.63) is 30.3 Å². The largest absolute Gasteiger partial charge is 0.480 e. The van der Waals surface area contributed by atoms with Gasteiger partial charge in [-0.25, -0.2) is 4.79 Å². The molecule has 16 heavy (non-hydrogen) atoms. The molecule has 0 aliphatic rings. The van der Waals surface area contributed by atoms with Gasteiger partial charge in [-0.1, -0.05) is 18.2 Å². The molecule has 0 bridgehead atoms. The number of carbonyl (C=O) groups is 2. The topological polar surface area (TPSA) is 57.6 Å². The van der Waals surface area contributed by atoms with Gasteiger partial charge in [0.05, 0.1) is 0 Å². The molecule has 0 spiro atoms. The molecule has 1 radical (unpaired) electrons. The van der Waals surface area contributed by atoms with E-state index in [9.17, 15) is 9.59 Å². The van der Waals surface area contributed by atoms with Crippen LogP contribution in [0.4, 0.5) is 5.69 Å². The van der Waals surface area contributed by atoms with E-state index in [2.05, 4.69) is 0 Å². The number of amides is 1. The Balaban J connectivity index is 0.00000225. The summed E-state index contributed by atoms with van der Waals surface area (Å²) in [6.45, 7) is 2.84. The van der Waals surface area contributed by atoms with Gasteiger partial charge >= 0.3 is 5.97 Å². The molecule has 81 valence electrons. The molecule has 0 saturated carbocycles. The molecule has 0 heterocycles. The number of nitrogens with zero attached hydrogens (tertiary/aromatic N) is 1. The predicted octanol–water partition coefficient (Wildman–Crippen LogP) is 1.13. The quantitative estimate of drug-likeness (QED) is 0.792. The minimum atomic E-state index is -1.02. The van der Waals surface area contributed by atoms with Crippen molar-refractivity contribution < 1.29 is 14.7 Å². The van der Waals surface area contributed by atoms with Gasteiger partial charge in [0.15, 0.2) is 0 Å². The number of aliphatic carboxylic acids is 1. The summed E-state index contributed by atoms with van der Waals surface area (Å²) in [4.78, 5) is 23.4. The Morgan fingerprint density at radius 2 is 1.75 bits per heavy atom. The maximum Gasteiger partial charge on any atom is 0.326 e. The van der Waals surface area contributed by atoms with Gasteiger partial charge in [0, 0.05) is 42.2 Å². The van der Waals surface area contributed by atoms with Gasteiger partial charge in [-0.3, -0.25) is 9.69 Å². The number of carbonyl (C=O) groups excluding carboxylic acids is 1. The zero-order valence-corrected chi connectivity index (χ0v) is 11.7. The van der Waals surface area contributed by atoms with E-state index in [-0.39, 0.29) is 35.5 Å². The number of hydrogen-bond acceptors (Lipinski definition) is 2. The van der Waals surface area contributed by atoms with Crippen molar-refractivity contribution in [2.75, 3.05) is 4.90 Å². The van der Waals surface area contributed by atoms with Crippen LogP contribution in [0.2, 0.25) is 0 Å². The summed E-state index contributed by atoms with van der Waals surface area (Å²) in [6, 6.07) is 7.90. The molecule has 0 aliphatic carbocycles. The first-order valence-corrected chi connectivity index (χ1v) is 4.61. The Hall–Kier alpha value is -0.840. The van der Waals surface area contributed by atoms with Crippen LogP contribution >= 0.6 is 0 Å². The normalized spacial score (nSPS) is 11.1. The van der Waals surface area contributed by atoms with Crippen molar-refractivity contribution in [1.82, 2.24) is 0 Å². The first kappa shape index (κ1) is 15.2. The average molecular weight is 230 g/mol. The summed E-state index contributed by atoms with van der Waals surface area (Å²) < 4.78 is 0. The number of carboxylic acid groups (broad SMARTS) is 1. The van der Waals surface area contributed by atoms with Crippen molar-refractivity contribution in [2.45, 2.75) is 19.9 Å². The summed E-state index contributed by atoms with van der Waals surface area (Å²) in [5.41, 5.74) is 0.597. The van der Waals surface area contributed by atoms with Crippen molar-refractivity contribution in [3.63, 3.8) is 0 Å². The van der Waals surface area contributed by atoms with Crippen molar-refractivity contribution >= 4 is 47.1 Å². The predicted molar refractivity (Wildman–Crippen MR) is 62.5 cm³/mol. The molecule has 0 fully saturated rings. The van der Waals surface area contributed by atoms with Crippen molar-refractivity contribution in [1.29, 1.82) is 0 Å².